The van der Waals surface area contributed by atoms with Gasteiger partial charge in [0, 0.05) is 0 Å². The Morgan fingerprint density at radius 1 is 1.13 bits per heavy atom. The number of hydrogen-bond acceptors (Lipinski definition) is 7. The molecule has 4 aromatic rings. The summed E-state index contributed by atoms with van der Waals surface area (Å²) in [6.07, 6.45) is 0. The molecule has 31 heavy (non-hydrogen) atoms. The first-order chi connectivity index (χ1) is 14.8. The van der Waals surface area contributed by atoms with E-state index in [0.717, 1.165) is 21.3 Å². The zero-order valence-corrected chi connectivity index (χ0v) is 19.6. The molecule has 0 fully saturated rings. The van der Waals surface area contributed by atoms with E-state index in [0.29, 0.717) is 16.8 Å². The van der Waals surface area contributed by atoms with E-state index in [-0.39, 0.29) is 17.2 Å². The van der Waals surface area contributed by atoms with Gasteiger partial charge in [-0.2, -0.15) is 0 Å². The fraction of sp³-hybridized carbons (Fsp3) is 0.318. The molecular weight excluding hydrogens is 428 g/mol. The molecule has 7 nitrogen and oxygen atoms in total. The van der Waals surface area contributed by atoms with E-state index in [1.807, 2.05) is 76.2 Å². The van der Waals surface area contributed by atoms with Gasteiger partial charge < -0.3 is 0 Å². The van der Waals surface area contributed by atoms with Crippen LogP contribution in [0.5, 0.6) is 0 Å². The monoisotopic (exact) mass is 452 g/mol. The lowest BCUT2D eigenvalue weighted by molar-refractivity contribution is -0.116. The highest BCUT2D eigenvalue weighted by Gasteiger charge is 2.24. The Labute approximate surface area is 189 Å². The summed E-state index contributed by atoms with van der Waals surface area (Å²) in [6.45, 7) is 8.59. The first-order valence-corrected chi connectivity index (χ1v) is 11.8. The maximum absolute atomic E-state index is 13.4. The van der Waals surface area contributed by atoms with Crippen molar-refractivity contribution in [2.45, 2.75) is 44.9 Å². The van der Waals surface area contributed by atoms with Crippen LogP contribution in [0.25, 0.3) is 10.2 Å². The number of carbonyl (C=O) groups excluding carboxylic acids is 1. The number of hydrogen-bond donors (Lipinski definition) is 0. The van der Waals surface area contributed by atoms with Crippen LogP contribution < -0.4 is 4.90 Å². The molecule has 0 atom stereocenters. The van der Waals surface area contributed by atoms with Gasteiger partial charge in [0.15, 0.2) is 5.13 Å². The highest BCUT2D eigenvalue weighted by atomic mass is 32.2. The number of fused-ring (bicyclic) bond motifs is 1. The van der Waals surface area contributed by atoms with Crippen molar-refractivity contribution in [2.75, 3.05) is 10.7 Å². The topological polar surface area (TPSA) is 76.8 Å². The van der Waals surface area contributed by atoms with Gasteiger partial charge in [-0.05, 0) is 55.3 Å². The average molecular weight is 453 g/mol. The molecule has 0 N–H and O–H groups in total. The van der Waals surface area contributed by atoms with E-state index >= 15 is 0 Å². The molecule has 2 aromatic heterocycles. The number of tetrazole rings is 1. The summed E-state index contributed by atoms with van der Waals surface area (Å²) >= 11 is 2.88. The highest BCUT2D eigenvalue weighted by Crippen LogP contribution is 2.32. The first kappa shape index (κ1) is 21.5. The van der Waals surface area contributed by atoms with Crippen molar-refractivity contribution >= 4 is 44.4 Å². The molecule has 0 aliphatic rings. The average Bonchev–Trinajstić information content (AvgIpc) is 3.38. The van der Waals surface area contributed by atoms with Crippen LogP contribution in [0.15, 0.2) is 53.7 Å². The van der Waals surface area contributed by atoms with Crippen molar-refractivity contribution in [3.05, 3.63) is 59.7 Å². The van der Waals surface area contributed by atoms with Crippen LogP contribution in [0.4, 0.5) is 5.13 Å². The van der Waals surface area contributed by atoms with Gasteiger partial charge in [0.25, 0.3) is 0 Å². The van der Waals surface area contributed by atoms with Gasteiger partial charge in [-0.25, -0.2) is 9.67 Å². The van der Waals surface area contributed by atoms with Crippen LogP contribution in [0.3, 0.4) is 0 Å². The lowest BCUT2D eigenvalue weighted by Crippen LogP contribution is -2.32. The number of thiazole rings is 1. The lowest BCUT2D eigenvalue weighted by atomic mass is 10.1. The second kappa shape index (κ2) is 8.76. The molecule has 0 radical (unpaired) electrons. The Morgan fingerprint density at radius 2 is 1.90 bits per heavy atom. The fourth-order valence-corrected chi connectivity index (χ4v) is 5.11. The van der Waals surface area contributed by atoms with Gasteiger partial charge in [-0.1, -0.05) is 65.6 Å². The van der Waals surface area contributed by atoms with E-state index in [1.54, 1.807) is 9.58 Å². The van der Waals surface area contributed by atoms with Crippen LogP contribution in [-0.4, -0.2) is 36.9 Å². The molecule has 9 heteroatoms. The van der Waals surface area contributed by atoms with Crippen molar-refractivity contribution in [1.82, 2.24) is 25.2 Å². The Morgan fingerprint density at radius 3 is 2.61 bits per heavy atom. The second-order valence-corrected chi connectivity index (χ2v) is 10.2. The summed E-state index contributed by atoms with van der Waals surface area (Å²) in [5, 5.41) is 13.3. The molecule has 0 saturated carbocycles. The molecule has 0 aliphatic heterocycles. The third-order valence-electron chi connectivity index (χ3n) is 4.73. The maximum atomic E-state index is 13.4. The summed E-state index contributed by atoms with van der Waals surface area (Å²) in [5.41, 5.74) is 2.84. The maximum Gasteiger partial charge on any atom is 0.239 e. The molecule has 1 amide bonds. The normalized spacial score (nSPS) is 11.7. The van der Waals surface area contributed by atoms with E-state index < -0.39 is 0 Å². The van der Waals surface area contributed by atoms with Gasteiger partial charge in [0.2, 0.25) is 11.1 Å². The van der Waals surface area contributed by atoms with Crippen molar-refractivity contribution < 1.29 is 4.79 Å². The lowest BCUT2D eigenvalue weighted by Gasteiger charge is -2.21. The van der Waals surface area contributed by atoms with Gasteiger partial charge in [0.1, 0.15) is 0 Å². The van der Waals surface area contributed by atoms with Crippen LogP contribution in [0.2, 0.25) is 0 Å². The highest BCUT2D eigenvalue weighted by molar-refractivity contribution is 7.99. The van der Waals surface area contributed by atoms with Crippen LogP contribution in [0.1, 0.15) is 31.9 Å². The predicted molar refractivity (Wildman–Crippen MR) is 126 cm³/mol. The van der Waals surface area contributed by atoms with E-state index in [4.69, 9.17) is 4.98 Å². The van der Waals surface area contributed by atoms with E-state index in [1.165, 1.54) is 23.1 Å². The predicted octanol–water partition coefficient (Wildman–Crippen LogP) is 4.67. The Bertz CT molecular complexity index is 1200. The van der Waals surface area contributed by atoms with Crippen molar-refractivity contribution in [3.8, 4) is 0 Å². The number of nitrogens with zero attached hydrogens (tertiary/aromatic N) is 6. The molecule has 0 bridgehead atoms. The van der Waals surface area contributed by atoms with Gasteiger partial charge >= 0.3 is 0 Å². The minimum absolute atomic E-state index is 0.0333. The fourth-order valence-electron chi connectivity index (χ4n) is 3.11. The van der Waals surface area contributed by atoms with E-state index in [2.05, 4.69) is 15.5 Å². The zero-order valence-electron chi connectivity index (χ0n) is 17.9. The van der Waals surface area contributed by atoms with E-state index in [9.17, 15) is 4.79 Å². The van der Waals surface area contributed by atoms with Crippen LogP contribution in [0, 0.1) is 6.92 Å². The summed E-state index contributed by atoms with van der Waals surface area (Å²) in [4.78, 5) is 19.9. The number of aryl methyl sites for hydroxylation is 1. The molecule has 4 rings (SSSR count). The van der Waals surface area contributed by atoms with Crippen molar-refractivity contribution in [3.63, 3.8) is 0 Å². The summed E-state index contributed by atoms with van der Waals surface area (Å²) in [7, 11) is 0. The number of benzene rings is 2. The van der Waals surface area contributed by atoms with Crippen LogP contribution >= 0.6 is 23.1 Å². The molecule has 2 heterocycles. The number of rotatable bonds is 6. The Balaban J connectivity index is 1.61. The number of amides is 1. The molecule has 0 saturated heterocycles. The molecule has 0 aliphatic carbocycles. The van der Waals surface area contributed by atoms with Gasteiger partial charge in [0.05, 0.1) is 28.1 Å². The third kappa shape index (κ3) is 4.77. The molecule has 0 spiro atoms. The number of thioether (sulfide) groups is 1. The molecule has 160 valence electrons. The molecule has 0 unspecified atom stereocenters. The van der Waals surface area contributed by atoms with Gasteiger partial charge in [-0.15, -0.1) is 5.10 Å². The number of para-hydroxylation sites is 1. The second-order valence-electron chi connectivity index (χ2n) is 8.22. The SMILES string of the molecule is Cc1cccc2sc(N(Cc3ccccc3)C(=O)CSc3nnnn3C(C)(C)C)nc12. The Kier molecular flexibility index (Phi) is 6.06. The number of aromatic nitrogens is 5. The summed E-state index contributed by atoms with van der Waals surface area (Å²) in [5.74, 6) is 0.187. The smallest absolute Gasteiger partial charge is 0.239 e. The van der Waals surface area contributed by atoms with Gasteiger partial charge in [-0.3, -0.25) is 9.69 Å². The Hall–Kier alpha value is -2.78. The molecule has 2 aromatic carbocycles. The third-order valence-corrected chi connectivity index (χ3v) is 6.67. The number of carbonyl (C=O) groups is 1. The van der Waals surface area contributed by atoms with Crippen molar-refractivity contribution in [1.29, 1.82) is 0 Å². The largest absolute Gasteiger partial charge is 0.283 e. The minimum Gasteiger partial charge on any atom is -0.283 e. The minimum atomic E-state index is -0.261. The number of anilines is 1. The summed E-state index contributed by atoms with van der Waals surface area (Å²) < 4.78 is 2.82. The summed E-state index contributed by atoms with van der Waals surface area (Å²) in [6, 6.07) is 16.1. The quantitative estimate of drug-likeness (QED) is 0.396. The zero-order chi connectivity index (χ0) is 22.0. The first-order valence-electron chi connectivity index (χ1n) is 9.95. The molecular formula is C22H24N6OS2. The standard InChI is InChI=1S/C22H24N6OS2/c1-15-9-8-12-17-19(15)23-20(31-17)27(13-16-10-6-5-7-11-16)18(29)14-30-21-24-25-26-28(21)22(2,3)4/h5-12H,13-14H2,1-4H3. The van der Waals surface area contributed by atoms with Crippen LogP contribution in [-0.2, 0) is 16.9 Å². The van der Waals surface area contributed by atoms with Crippen molar-refractivity contribution in [2.24, 2.45) is 0 Å².